The number of hydrogen-bond donors (Lipinski definition) is 2. The lowest BCUT2D eigenvalue weighted by atomic mass is 10.1. The Morgan fingerprint density at radius 3 is 2.42 bits per heavy atom. The van der Waals surface area contributed by atoms with Crippen LogP contribution in [0, 0.1) is 0 Å². The van der Waals surface area contributed by atoms with Gasteiger partial charge in [-0.2, -0.15) is 13.2 Å². The Morgan fingerprint density at radius 1 is 0.917 bits per heavy atom. The van der Waals surface area contributed by atoms with Crippen LogP contribution < -0.4 is 10.6 Å². The smallest absolute Gasteiger partial charge is 0.322 e. The molecule has 2 amide bonds. The second kappa shape index (κ2) is 11.1. The predicted octanol–water partition coefficient (Wildman–Crippen LogP) is 6.24. The van der Waals surface area contributed by atoms with Crippen molar-refractivity contribution in [3.05, 3.63) is 88.2 Å². The van der Waals surface area contributed by atoms with Crippen LogP contribution in [0.1, 0.15) is 51.1 Å². The van der Waals surface area contributed by atoms with E-state index in [9.17, 15) is 22.8 Å². The lowest BCUT2D eigenvalue weighted by Crippen LogP contribution is -2.29. The summed E-state index contributed by atoms with van der Waals surface area (Å²) in [6.45, 7) is 2.81. The number of aromatic nitrogens is 1. The van der Waals surface area contributed by atoms with Gasteiger partial charge in [-0.15, -0.1) is 0 Å². The molecule has 0 aliphatic carbocycles. The lowest BCUT2D eigenvalue weighted by molar-refractivity contribution is -0.137. The molecule has 2 heterocycles. The Labute approximate surface area is 211 Å². The number of carbonyl (C=O) groups excluding carboxylic acids is 2. The molecule has 1 fully saturated rings. The molecule has 36 heavy (non-hydrogen) atoms. The average Bonchev–Trinajstić information content (AvgIpc) is 2.85. The molecule has 3 aromatic rings. The summed E-state index contributed by atoms with van der Waals surface area (Å²) in [6.07, 6.45) is 2.31. The van der Waals surface area contributed by atoms with E-state index < -0.39 is 23.6 Å². The van der Waals surface area contributed by atoms with Crippen molar-refractivity contribution in [2.24, 2.45) is 0 Å². The van der Waals surface area contributed by atoms with Gasteiger partial charge in [0, 0.05) is 24.0 Å². The molecular formula is C26H24ClF3N4O2. The van der Waals surface area contributed by atoms with Gasteiger partial charge in [-0.25, -0.2) is 0 Å². The van der Waals surface area contributed by atoms with Crippen LogP contribution in [0.2, 0.25) is 5.02 Å². The number of piperidine rings is 1. The molecule has 1 aliphatic rings. The topological polar surface area (TPSA) is 74.3 Å². The maximum absolute atomic E-state index is 13.0. The van der Waals surface area contributed by atoms with Gasteiger partial charge in [0.25, 0.3) is 11.8 Å². The molecule has 1 saturated heterocycles. The number of likely N-dealkylation sites (tertiary alicyclic amines) is 1. The number of hydrogen-bond acceptors (Lipinski definition) is 4. The van der Waals surface area contributed by atoms with Crippen LogP contribution in [0.5, 0.6) is 0 Å². The minimum atomic E-state index is -4.57. The lowest BCUT2D eigenvalue weighted by Gasteiger charge is -2.26. The summed E-state index contributed by atoms with van der Waals surface area (Å²) in [5.74, 6) is -1.25. The van der Waals surface area contributed by atoms with E-state index in [4.69, 9.17) is 11.6 Å². The molecule has 0 saturated carbocycles. The number of halogens is 4. The van der Waals surface area contributed by atoms with E-state index in [1.165, 1.54) is 49.7 Å². The predicted molar refractivity (Wildman–Crippen MR) is 132 cm³/mol. The summed E-state index contributed by atoms with van der Waals surface area (Å²) in [5.41, 5.74) is 0.695. The van der Waals surface area contributed by atoms with E-state index in [0.29, 0.717) is 5.69 Å². The maximum Gasteiger partial charge on any atom is 0.416 e. The van der Waals surface area contributed by atoms with Crippen molar-refractivity contribution >= 4 is 34.8 Å². The number of nitrogens with one attached hydrogen (secondary N) is 2. The van der Waals surface area contributed by atoms with Crippen LogP contribution in [0.25, 0.3) is 0 Å². The highest BCUT2D eigenvalue weighted by Crippen LogP contribution is 2.30. The maximum atomic E-state index is 13.0. The van der Waals surface area contributed by atoms with Gasteiger partial charge < -0.3 is 10.6 Å². The highest BCUT2D eigenvalue weighted by atomic mass is 35.5. The van der Waals surface area contributed by atoms with Crippen molar-refractivity contribution in [1.29, 1.82) is 0 Å². The number of anilines is 2. The fourth-order valence-electron chi connectivity index (χ4n) is 4.03. The standard InChI is InChI=1S/C26H24ClF3N4O2/c27-23-8-7-20(32-24(35)18-5-4-6-19(12-18)26(28,29)30)13-22(23)25(36)33-21-11-17(14-31-15-21)16-34-9-2-1-3-10-34/h4-8,11-15H,1-3,9-10,16H2,(H,32,35)(H,33,36). The van der Waals surface area contributed by atoms with Gasteiger partial charge in [0.15, 0.2) is 0 Å². The van der Waals surface area contributed by atoms with E-state index in [-0.39, 0.29) is 21.8 Å². The third-order valence-corrected chi connectivity index (χ3v) is 6.16. The molecule has 0 atom stereocenters. The normalized spacial score (nSPS) is 14.3. The minimum absolute atomic E-state index is 0.0972. The Kier molecular flexibility index (Phi) is 7.91. The van der Waals surface area contributed by atoms with Crippen molar-refractivity contribution in [2.45, 2.75) is 32.0 Å². The summed E-state index contributed by atoms with van der Waals surface area (Å²) in [7, 11) is 0. The summed E-state index contributed by atoms with van der Waals surface area (Å²) >= 11 is 6.22. The number of benzene rings is 2. The molecule has 0 unspecified atom stereocenters. The number of pyridine rings is 1. The molecule has 2 aromatic carbocycles. The van der Waals surface area contributed by atoms with Crippen LogP contribution in [0.15, 0.2) is 60.9 Å². The first-order chi connectivity index (χ1) is 17.2. The zero-order valence-electron chi connectivity index (χ0n) is 19.2. The van der Waals surface area contributed by atoms with Crippen LogP contribution in [-0.2, 0) is 12.7 Å². The molecule has 0 bridgehead atoms. The van der Waals surface area contributed by atoms with Crippen molar-refractivity contribution in [2.75, 3.05) is 23.7 Å². The van der Waals surface area contributed by atoms with Crippen molar-refractivity contribution in [3.8, 4) is 0 Å². The quantitative estimate of drug-likeness (QED) is 0.406. The highest BCUT2D eigenvalue weighted by Gasteiger charge is 2.31. The van der Waals surface area contributed by atoms with Crippen LogP contribution in [0.4, 0.5) is 24.5 Å². The van der Waals surface area contributed by atoms with E-state index in [0.717, 1.165) is 43.4 Å². The third-order valence-electron chi connectivity index (χ3n) is 5.83. The van der Waals surface area contributed by atoms with Crippen molar-refractivity contribution in [3.63, 3.8) is 0 Å². The molecule has 4 rings (SSSR count). The van der Waals surface area contributed by atoms with Gasteiger partial charge in [-0.1, -0.05) is 24.1 Å². The fourth-order valence-corrected chi connectivity index (χ4v) is 4.24. The number of alkyl halides is 3. The first-order valence-electron chi connectivity index (χ1n) is 11.4. The molecule has 10 heteroatoms. The van der Waals surface area contributed by atoms with Crippen molar-refractivity contribution in [1.82, 2.24) is 9.88 Å². The monoisotopic (exact) mass is 516 g/mol. The Hall–Kier alpha value is -3.43. The number of carbonyl (C=O) groups is 2. The van der Waals surface area contributed by atoms with Gasteiger partial charge in [-0.05, 0) is 74.0 Å². The second-order valence-electron chi connectivity index (χ2n) is 8.60. The summed E-state index contributed by atoms with van der Waals surface area (Å²) in [4.78, 5) is 32.0. The zero-order valence-corrected chi connectivity index (χ0v) is 20.0. The Morgan fingerprint density at radius 2 is 1.67 bits per heavy atom. The summed E-state index contributed by atoms with van der Waals surface area (Å²) in [6, 6.07) is 10.2. The van der Waals surface area contributed by atoms with Crippen LogP contribution in [0.3, 0.4) is 0 Å². The average molecular weight is 517 g/mol. The molecule has 1 aliphatic heterocycles. The molecule has 0 spiro atoms. The molecular weight excluding hydrogens is 493 g/mol. The number of rotatable bonds is 6. The molecule has 188 valence electrons. The summed E-state index contributed by atoms with van der Waals surface area (Å²) in [5, 5.41) is 5.44. The number of amides is 2. The van der Waals surface area contributed by atoms with Gasteiger partial charge in [0.2, 0.25) is 0 Å². The third kappa shape index (κ3) is 6.61. The molecule has 2 N–H and O–H groups in total. The molecule has 0 radical (unpaired) electrons. The van der Waals surface area contributed by atoms with E-state index in [2.05, 4.69) is 20.5 Å². The van der Waals surface area contributed by atoms with Crippen molar-refractivity contribution < 1.29 is 22.8 Å². The Bertz CT molecular complexity index is 1260. The van der Waals surface area contributed by atoms with Gasteiger partial charge in [0.1, 0.15) is 0 Å². The van der Waals surface area contributed by atoms with E-state index in [1.54, 1.807) is 6.20 Å². The zero-order chi connectivity index (χ0) is 25.7. The van der Waals surface area contributed by atoms with Gasteiger partial charge >= 0.3 is 6.18 Å². The molecule has 6 nitrogen and oxygen atoms in total. The first-order valence-corrected chi connectivity index (χ1v) is 11.8. The highest BCUT2D eigenvalue weighted by molar-refractivity contribution is 6.34. The van der Waals surface area contributed by atoms with Crippen LogP contribution in [-0.4, -0.2) is 34.8 Å². The van der Waals surface area contributed by atoms with Gasteiger partial charge in [0.05, 0.1) is 28.0 Å². The minimum Gasteiger partial charge on any atom is -0.322 e. The fraction of sp³-hybridized carbons (Fsp3) is 0.269. The molecule has 1 aromatic heterocycles. The van der Waals surface area contributed by atoms with Gasteiger partial charge in [-0.3, -0.25) is 19.5 Å². The SMILES string of the molecule is O=C(Nc1ccc(Cl)c(C(=O)Nc2cncc(CN3CCCCC3)c2)c1)c1cccc(C(F)(F)F)c1. The summed E-state index contributed by atoms with van der Waals surface area (Å²) < 4.78 is 38.9. The second-order valence-corrected chi connectivity index (χ2v) is 9.01. The number of nitrogens with zero attached hydrogens (tertiary/aromatic N) is 2. The van der Waals surface area contributed by atoms with E-state index >= 15 is 0 Å². The first kappa shape index (κ1) is 25.7. The van der Waals surface area contributed by atoms with E-state index in [1.807, 2.05) is 6.07 Å². The van der Waals surface area contributed by atoms with Crippen LogP contribution >= 0.6 is 11.6 Å². The largest absolute Gasteiger partial charge is 0.416 e. The Balaban J connectivity index is 1.45.